The van der Waals surface area contributed by atoms with Gasteiger partial charge in [0.25, 0.3) is 0 Å². The Morgan fingerprint density at radius 3 is 2.61 bits per heavy atom. The molecule has 0 radical (unpaired) electrons. The molecule has 2 rings (SSSR count). The topological polar surface area (TPSA) is 117 Å². The zero-order chi connectivity index (χ0) is 16.7. The van der Waals surface area contributed by atoms with E-state index < -0.39 is 0 Å². The van der Waals surface area contributed by atoms with Crippen LogP contribution in [-0.2, 0) is 0 Å². The third-order valence-corrected chi connectivity index (χ3v) is 2.53. The highest BCUT2D eigenvalue weighted by molar-refractivity contribution is 7.80. The number of nitrogens with two attached hydrogens (primary N) is 1. The average molecular weight is 334 g/mol. The lowest BCUT2D eigenvalue weighted by atomic mass is 10.3. The van der Waals surface area contributed by atoms with Crippen LogP contribution in [0.4, 0.5) is 0 Å². The van der Waals surface area contributed by atoms with Gasteiger partial charge in [-0.1, -0.05) is 0 Å². The number of hydrogen-bond acceptors (Lipinski definition) is 8. The van der Waals surface area contributed by atoms with Crippen LogP contribution in [0.3, 0.4) is 0 Å². The molecule has 9 nitrogen and oxygen atoms in total. The molecule has 120 valence electrons. The normalized spacial score (nSPS) is 10.3. The molecule has 2 heterocycles. The highest BCUT2D eigenvalue weighted by Gasteiger charge is 2.10. The number of aromatic nitrogens is 3. The summed E-state index contributed by atoms with van der Waals surface area (Å²) in [6, 6.07) is 4.96. The number of pyridine rings is 1. The maximum absolute atomic E-state index is 5.62. The molecule has 10 heteroatoms. The van der Waals surface area contributed by atoms with Crippen molar-refractivity contribution < 1.29 is 14.2 Å². The molecular formula is C13H14N6O3S. The van der Waals surface area contributed by atoms with E-state index in [1.54, 1.807) is 18.3 Å². The van der Waals surface area contributed by atoms with E-state index in [4.69, 9.17) is 19.9 Å². The Morgan fingerprint density at radius 1 is 1.30 bits per heavy atom. The van der Waals surface area contributed by atoms with E-state index in [2.05, 4.69) is 37.7 Å². The number of rotatable bonds is 6. The first-order valence-corrected chi connectivity index (χ1v) is 6.71. The van der Waals surface area contributed by atoms with Crippen LogP contribution >= 0.6 is 12.2 Å². The van der Waals surface area contributed by atoms with Crippen molar-refractivity contribution >= 4 is 23.5 Å². The van der Waals surface area contributed by atoms with E-state index in [1.165, 1.54) is 26.5 Å². The van der Waals surface area contributed by atoms with Crippen LogP contribution in [0.25, 0.3) is 0 Å². The summed E-state index contributed by atoms with van der Waals surface area (Å²) >= 11 is 4.66. The average Bonchev–Trinajstić information content (AvgIpc) is 2.55. The molecule has 0 aliphatic heterocycles. The van der Waals surface area contributed by atoms with Crippen LogP contribution in [0, 0.1) is 0 Å². The number of nitrogens with zero attached hydrogens (tertiary/aromatic N) is 4. The van der Waals surface area contributed by atoms with E-state index in [1.807, 2.05) is 0 Å². The van der Waals surface area contributed by atoms with Crippen LogP contribution in [0.5, 0.6) is 23.5 Å². The quantitative estimate of drug-likeness (QED) is 0.450. The minimum atomic E-state index is 0.0421. The number of hydrogen-bond donors (Lipinski definition) is 2. The van der Waals surface area contributed by atoms with Gasteiger partial charge in [-0.05, 0) is 24.4 Å². The number of thiocarbonyl (C=S) groups is 1. The largest absolute Gasteiger partial charge is 0.481 e. The lowest BCUT2D eigenvalue weighted by Gasteiger charge is -2.08. The fraction of sp³-hybridized carbons (Fsp3) is 0.154. The number of ether oxygens (including phenoxy) is 3. The van der Waals surface area contributed by atoms with Gasteiger partial charge in [-0.3, -0.25) is 10.4 Å². The Labute approximate surface area is 137 Å². The summed E-state index contributed by atoms with van der Waals surface area (Å²) in [6.45, 7) is 0. The first kappa shape index (κ1) is 16.4. The highest BCUT2D eigenvalue weighted by Crippen LogP contribution is 2.24. The summed E-state index contributed by atoms with van der Waals surface area (Å²) in [4.78, 5) is 12.3. The molecule has 0 aliphatic carbocycles. The zero-order valence-corrected chi connectivity index (χ0v) is 13.2. The SMILES string of the molecule is COc1cc(OC)nc(Oc2cccnc2C=NNC(N)=S)n1. The van der Waals surface area contributed by atoms with Crippen LogP contribution in [0.1, 0.15) is 5.69 Å². The molecular weight excluding hydrogens is 320 g/mol. The van der Waals surface area contributed by atoms with Gasteiger partial charge in [0.05, 0.1) is 26.5 Å². The van der Waals surface area contributed by atoms with Gasteiger partial charge in [0.2, 0.25) is 11.8 Å². The molecule has 2 aromatic heterocycles. The van der Waals surface area contributed by atoms with Crippen molar-refractivity contribution in [3.63, 3.8) is 0 Å². The fourth-order valence-electron chi connectivity index (χ4n) is 1.48. The molecule has 0 amide bonds. The summed E-state index contributed by atoms with van der Waals surface area (Å²) in [7, 11) is 2.96. The predicted molar refractivity (Wildman–Crippen MR) is 87.0 cm³/mol. The molecule has 0 bridgehead atoms. The summed E-state index contributed by atoms with van der Waals surface area (Å²) in [6.07, 6.45) is 2.99. The van der Waals surface area contributed by atoms with Gasteiger partial charge in [0.1, 0.15) is 5.69 Å². The van der Waals surface area contributed by atoms with Crippen molar-refractivity contribution in [2.75, 3.05) is 14.2 Å². The Bertz CT molecular complexity index is 702. The van der Waals surface area contributed by atoms with Crippen molar-refractivity contribution in [3.8, 4) is 23.5 Å². The van der Waals surface area contributed by atoms with Gasteiger partial charge in [0.15, 0.2) is 10.9 Å². The van der Waals surface area contributed by atoms with Crippen LogP contribution in [0.2, 0.25) is 0 Å². The van der Waals surface area contributed by atoms with Crippen molar-refractivity contribution in [3.05, 3.63) is 30.1 Å². The Morgan fingerprint density at radius 2 is 2.00 bits per heavy atom. The number of methoxy groups -OCH3 is 2. The second kappa shape index (κ2) is 7.84. The maximum atomic E-state index is 5.62. The second-order valence-corrected chi connectivity index (χ2v) is 4.40. The Balaban J connectivity index is 2.26. The standard InChI is InChI=1S/C13H14N6O3S/c1-20-10-6-11(21-2)18-13(17-10)22-9-4-3-5-15-8(9)7-16-19-12(14)23/h3-7H,1-2H3,(H3,14,19,23). The summed E-state index contributed by atoms with van der Waals surface area (Å²) in [5.74, 6) is 0.999. The van der Waals surface area contributed by atoms with Crippen LogP contribution < -0.4 is 25.4 Å². The monoisotopic (exact) mass is 334 g/mol. The van der Waals surface area contributed by atoms with E-state index >= 15 is 0 Å². The summed E-state index contributed by atoms with van der Waals surface area (Å²) < 4.78 is 15.8. The third-order valence-electron chi connectivity index (χ3n) is 2.44. The smallest absolute Gasteiger partial charge is 0.328 e. The van der Waals surface area contributed by atoms with E-state index in [0.717, 1.165) is 0 Å². The minimum Gasteiger partial charge on any atom is -0.481 e. The minimum absolute atomic E-state index is 0.0421. The molecule has 0 unspecified atom stereocenters. The first-order chi connectivity index (χ1) is 11.1. The third kappa shape index (κ3) is 4.74. The molecule has 0 atom stereocenters. The van der Waals surface area contributed by atoms with Crippen molar-refractivity contribution in [1.29, 1.82) is 0 Å². The molecule has 0 saturated heterocycles. The van der Waals surface area contributed by atoms with E-state index in [9.17, 15) is 0 Å². The second-order valence-electron chi connectivity index (χ2n) is 3.96. The molecule has 0 aliphatic rings. The molecule has 0 aromatic carbocycles. The Kier molecular flexibility index (Phi) is 5.58. The first-order valence-electron chi connectivity index (χ1n) is 6.31. The summed E-state index contributed by atoms with van der Waals surface area (Å²) in [5.41, 5.74) is 8.15. The van der Waals surface area contributed by atoms with Crippen LogP contribution in [0.15, 0.2) is 29.5 Å². The van der Waals surface area contributed by atoms with Crippen molar-refractivity contribution in [1.82, 2.24) is 20.4 Å². The van der Waals surface area contributed by atoms with Gasteiger partial charge in [-0.2, -0.15) is 15.1 Å². The summed E-state index contributed by atoms with van der Waals surface area (Å²) in [5, 5.41) is 3.88. The highest BCUT2D eigenvalue weighted by atomic mass is 32.1. The molecule has 0 saturated carbocycles. The lowest BCUT2D eigenvalue weighted by molar-refractivity contribution is 0.347. The van der Waals surface area contributed by atoms with Gasteiger partial charge >= 0.3 is 6.01 Å². The molecule has 23 heavy (non-hydrogen) atoms. The van der Waals surface area contributed by atoms with Gasteiger partial charge in [-0.15, -0.1) is 0 Å². The van der Waals surface area contributed by atoms with Gasteiger partial charge in [0, 0.05) is 6.20 Å². The molecule has 0 spiro atoms. The van der Waals surface area contributed by atoms with Gasteiger partial charge in [-0.25, -0.2) is 0 Å². The molecule has 2 aromatic rings. The number of hydrazone groups is 1. The van der Waals surface area contributed by atoms with Crippen molar-refractivity contribution in [2.45, 2.75) is 0 Å². The van der Waals surface area contributed by atoms with Crippen molar-refractivity contribution in [2.24, 2.45) is 10.8 Å². The Hall–Kier alpha value is -3.01. The maximum Gasteiger partial charge on any atom is 0.328 e. The number of nitrogens with one attached hydrogen (secondary N) is 1. The molecule has 3 N–H and O–H groups in total. The van der Waals surface area contributed by atoms with E-state index in [0.29, 0.717) is 23.2 Å². The lowest BCUT2D eigenvalue weighted by Crippen LogP contribution is -2.24. The zero-order valence-electron chi connectivity index (χ0n) is 12.4. The molecule has 0 fully saturated rings. The van der Waals surface area contributed by atoms with Crippen LogP contribution in [-0.4, -0.2) is 40.5 Å². The predicted octanol–water partition coefficient (Wildman–Crippen LogP) is 0.848. The fourth-order valence-corrected chi connectivity index (χ4v) is 1.53. The van der Waals surface area contributed by atoms with Gasteiger partial charge < -0.3 is 19.9 Å². The van der Waals surface area contributed by atoms with E-state index in [-0.39, 0.29) is 11.1 Å².